The molecule has 26 heavy (non-hydrogen) atoms. The lowest BCUT2D eigenvalue weighted by Gasteiger charge is -2.15. The third-order valence-electron chi connectivity index (χ3n) is 3.63. The average Bonchev–Trinajstić information content (AvgIpc) is 2.61. The molecule has 2 rings (SSSR count). The summed E-state index contributed by atoms with van der Waals surface area (Å²) in [6.07, 6.45) is 0. The van der Waals surface area contributed by atoms with Crippen LogP contribution in [0.5, 0.6) is 0 Å². The van der Waals surface area contributed by atoms with Gasteiger partial charge in [-0.1, -0.05) is 47.5 Å². The first-order chi connectivity index (χ1) is 12.3. The van der Waals surface area contributed by atoms with E-state index in [2.05, 4.69) is 16.2 Å². The van der Waals surface area contributed by atoms with Gasteiger partial charge >= 0.3 is 0 Å². The minimum absolute atomic E-state index is 0.104. The Bertz CT molecular complexity index is 855. The van der Waals surface area contributed by atoms with Crippen LogP contribution in [0.15, 0.2) is 42.5 Å². The van der Waals surface area contributed by atoms with E-state index in [4.69, 9.17) is 23.2 Å². The molecule has 2 aromatic carbocycles. The number of amides is 3. The van der Waals surface area contributed by atoms with Gasteiger partial charge in [0, 0.05) is 5.56 Å². The Morgan fingerprint density at radius 1 is 0.885 bits per heavy atom. The van der Waals surface area contributed by atoms with Gasteiger partial charge in [-0.3, -0.25) is 25.2 Å². The molecule has 0 heterocycles. The van der Waals surface area contributed by atoms with E-state index < -0.39 is 23.8 Å². The maximum absolute atomic E-state index is 12.2. The van der Waals surface area contributed by atoms with E-state index in [0.29, 0.717) is 5.56 Å². The number of hydrogen-bond acceptors (Lipinski definition) is 3. The van der Waals surface area contributed by atoms with E-state index >= 15 is 0 Å². The number of carbonyl (C=O) groups is 3. The van der Waals surface area contributed by atoms with Crippen molar-refractivity contribution < 1.29 is 14.4 Å². The van der Waals surface area contributed by atoms with Gasteiger partial charge in [-0.25, -0.2) is 0 Å². The van der Waals surface area contributed by atoms with Crippen molar-refractivity contribution in [2.45, 2.75) is 19.9 Å². The Morgan fingerprint density at radius 3 is 2.23 bits per heavy atom. The Balaban J connectivity index is 1.93. The zero-order valence-electron chi connectivity index (χ0n) is 14.1. The fourth-order valence-corrected chi connectivity index (χ4v) is 2.53. The van der Waals surface area contributed by atoms with Gasteiger partial charge in [-0.15, -0.1) is 0 Å². The summed E-state index contributed by atoms with van der Waals surface area (Å²) in [6.45, 7) is 3.26. The maximum Gasteiger partial charge on any atom is 0.269 e. The molecule has 6 nitrogen and oxygen atoms in total. The summed E-state index contributed by atoms with van der Waals surface area (Å²) in [5, 5.41) is 2.84. The van der Waals surface area contributed by atoms with Gasteiger partial charge in [0.2, 0.25) is 0 Å². The molecule has 3 N–H and O–H groups in total. The molecule has 1 unspecified atom stereocenters. The maximum atomic E-state index is 12.2. The predicted molar refractivity (Wildman–Crippen MR) is 100 cm³/mol. The molecule has 8 heteroatoms. The fraction of sp³-hybridized carbons (Fsp3) is 0.167. The van der Waals surface area contributed by atoms with Gasteiger partial charge in [0.15, 0.2) is 0 Å². The molecule has 0 radical (unpaired) electrons. The van der Waals surface area contributed by atoms with Crippen LogP contribution in [0.25, 0.3) is 0 Å². The van der Waals surface area contributed by atoms with Crippen LogP contribution in [-0.4, -0.2) is 23.8 Å². The molecule has 0 fully saturated rings. The zero-order chi connectivity index (χ0) is 19.3. The second-order valence-electron chi connectivity index (χ2n) is 5.55. The topological polar surface area (TPSA) is 87.3 Å². The molecule has 0 aliphatic carbocycles. The van der Waals surface area contributed by atoms with Gasteiger partial charge < -0.3 is 5.32 Å². The highest BCUT2D eigenvalue weighted by Crippen LogP contribution is 2.25. The molecule has 0 aliphatic heterocycles. The van der Waals surface area contributed by atoms with Crippen molar-refractivity contribution in [3.63, 3.8) is 0 Å². The molecule has 0 saturated carbocycles. The highest BCUT2D eigenvalue weighted by molar-refractivity contribution is 6.43. The van der Waals surface area contributed by atoms with Crippen LogP contribution >= 0.6 is 23.2 Å². The van der Waals surface area contributed by atoms with Gasteiger partial charge in [0.05, 0.1) is 15.6 Å². The molecule has 0 saturated heterocycles. The summed E-state index contributed by atoms with van der Waals surface area (Å²) in [4.78, 5) is 36.4. The number of rotatable bonds is 4. The number of carbonyl (C=O) groups excluding carboxylic acids is 3. The molecule has 3 amide bonds. The van der Waals surface area contributed by atoms with Crippen LogP contribution in [0.3, 0.4) is 0 Å². The van der Waals surface area contributed by atoms with E-state index in [1.165, 1.54) is 13.0 Å². The van der Waals surface area contributed by atoms with E-state index in [0.717, 1.165) is 5.56 Å². The molecule has 136 valence electrons. The summed E-state index contributed by atoms with van der Waals surface area (Å²) >= 11 is 11.9. The number of halogens is 2. The molecule has 2 aromatic rings. The van der Waals surface area contributed by atoms with Gasteiger partial charge in [-0.2, -0.15) is 0 Å². The summed E-state index contributed by atoms with van der Waals surface area (Å²) in [6, 6.07) is 10.7. The monoisotopic (exact) mass is 393 g/mol. The standard InChI is InChI=1S/C18H17Cl2N3O3/c1-10-6-3-4-7-12(10)18(26)23-22-16(24)11(2)21-17(25)13-8-5-9-14(19)15(13)20/h3-9,11H,1-2H3,(H,21,25)(H,22,24)(H,23,26). The summed E-state index contributed by atoms with van der Waals surface area (Å²) < 4.78 is 0. The van der Waals surface area contributed by atoms with Crippen molar-refractivity contribution in [2.24, 2.45) is 0 Å². The number of benzene rings is 2. The largest absolute Gasteiger partial charge is 0.340 e. The minimum Gasteiger partial charge on any atom is -0.340 e. The first-order valence-corrected chi connectivity index (χ1v) is 8.47. The van der Waals surface area contributed by atoms with Crippen LogP contribution in [0.4, 0.5) is 0 Å². The van der Waals surface area contributed by atoms with Crippen LogP contribution in [0.2, 0.25) is 10.0 Å². The minimum atomic E-state index is -0.908. The van der Waals surface area contributed by atoms with Gasteiger partial charge in [0.1, 0.15) is 6.04 Å². The van der Waals surface area contributed by atoms with Crippen LogP contribution in [-0.2, 0) is 4.79 Å². The molecule has 0 bridgehead atoms. The zero-order valence-corrected chi connectivity index (χ0v) is 15.6. The Labute approximate surface area is 160 Å². The Hall–Kier alpha value is -2.57. The second-order valence-corrected chi connectivity index (χ2v) is 6.34. The quantitative estimate of drug-likeness (QED) is 0.697. The summed E-state index contributed by atoms with van der Waals surface area (Å²) in [7, 11) is 0. The predicted octanol–water partition coefficient (Wildman–Crippen LogP) is 2.88. The van der Waals surface area contributed by atoms with Crippen LogP contribution in [0, 0.1) is 6.92 Å². The number of hydrazine groups is 1. The smallest absolute Gasteiger partial charge is 0.269 e. The fourth-order valence-electron chi connectivity index (χ4n) is 2.14. The molecule has 0 aromatic heterocycles. The van der Waals surface area contributed by atoms with Crippen LogP contribution in [0.1, 0.15) is 33.2 Å². The van der Waals surface area contributed by atoms with E-state index in [-0.39, 0.29) is 15.6 Å². The summed E-state index contributed by atoms with van der Waals surface area (Å²) in [5.41, 5.74) is 5.97. The second kappa shape index (κ2) is 8.69. The Morgan fingerprint density at radius 2 is 1.54 bits per heavy atom. The highest BCUT2D eigenvalue weighted by Gasteiger charge is 2.20. The van der Waals surface area contributed by atoms with Crippen molar-refractivity contribution in [3.8, 4) is 0 Å². The highest BCUT2D eigenvalue weighted by atomic mass is 35.5. The van der Waals surface area contributed by atoms with Crippen molar-refractivity contribution >= 4 is 40.9 Å². The molecule has 1 atom stereocenters. The van der Waals surface area contributed by atoms with Gasteiger partial charge in [0.25, 0.3) is 17.7 Å². The SMILES string of the molecule is Cc1ccccc1C(=O)NNC(=O)C(C)NC(=O)c1cccc(Cl)c1Cl. The number of aryl methyl sites for hydroxylation is 1. The third-order valence-corrected chi connectivity index (χ3v) is 4.44. The number of hydrogen-bond donors (Lipinski definition) is 3. The lowest BCUT2D eigenvalue weighted by atomic mass is 10.1. The molecule has 0 aliphatic rings. The normalized spacial score (nSPS) is 11.4. The first kappa shape index (κ1) is 19.8. The lowest BCUT2D eigenvalue weighted by Crippen LogP contribution is -2.51. The van der Waals surface area contributed by atoms with Crippen molar-refractivity contribution in [1.29, 1.82) is 0 Å². The lowest BCUT2D eigenvalue weighted by molar-refractivity contribution is -0.123. The number of nitrogens with one attached hydrogen (secondary N) is 3. The molecular weight excluding hydrogens is 377 g/mol. The van der Waals surface area contributed by atoms with Crippen molar-refractivity contribution in [1.82, 2.24) is 16.2 Å². The van der Waals surface area contributed by atoms with Crippen molar-refractivity contribution in [3.05, 3.63) is 69.2 Å². The third kappa shape index (κ3) is 4.74. The summed E-state index contributed by atoms with van der Waals surface area (Å²) in [5.74, 6) is -1.59. The molecular formula is C18H17Cl2N3O3. The Kier molecular flexibility index (Phi) is 6.60. The molecule has 0 spiro atoms. The van der Waals surface area contributed by atoms with E-state index in [9.17, 15) is 14.4 Å². The van der Waals surface area contributed by atoms with E-state index in [1.807, 2.05) is 6.07 Å². The first-order valence-electron chi connectivity index (χ1n) is 7.72. The van der Waals surface area contributed by atoms with Crippen molar-refractivity contribution in [2.75, 3.05) is 0 Å². The van der Waals surface area contributed by atoms with Crippen LogP contribution < -0.4 is 16.2 Å². The van der Waals surface area contributed by atoms with E-state index in [1.54, 1.807) is 37.3 Å². The van der Waals surface area contributed by atoms with Gasteiger partial charge in [-0.05, 0) is 37.6 Å². The average molecular weight is 394 g/mol.